The Labute approximate surface area is 175 Å². The van der Waals surface area contributed by atoms with Crippen LogP contribution in [-0.2, 0) is 18.1 Å². The molecule has 156 valence electrons. The SMILES string of the molecule is Cc1cccnc1C(Cc1ccccc1)(NCC1CC1)c1cccc(C(F)(F)F)c1. The summed E-state index contributed by atoms with van der Waals surface area (Å²) < 4.78 is 40.7. The fourth-order valence-corrected chi connectivity index (χ4v) is 4.01. The van der Waals surface area contributed by atoms with Crippen LogP contribution in [0.25, 0.3) is 0 Å². The highest BCUT2D eigenvalue weighted by Crippen LogP contribution is 2.39. The lowest BCUT2D eigenvalue weighted by atomic mass is 9.78. The molecule has 1 saturated carbocycles. The van der Waals surface area contributed by atoms with E-state index in [0.717, 1.165) is 42.3 Å². The number of aryl methyl sites for hydroxylation is 1. The summed E-state index contributed by atoms with van der Waals surface area (Å²) in [5.41, 5.74) is 1.87. The van der Waals surface area contributed by atoms with Crippen LogP contribution in [0, 0.1) is 12.8 Å². The average Bonchev–Trinajstić information content (AvgIpc) is 3.56. The molecule has 1 aliphatic carbocycles. The topological polar surface area (TPSA) is 24.9 Å². The van der Waals surface area contributed by atoms with Crippen LogP contribution in [-0.4, -0.2) is 11.5 Å². The van der Waals surface area contributed by atoms with Gasteiger partial charge in [0.1, 0.15) is 0 Å². The molecule has 0 saturated heterocycles. The number of alkyl halides is 3. The molecule has 2 aromatic carbocycles. The maximum Gasteiger partial charge on any atom is 0.416 e. The zero-order valence-corrected chi connectivity index (χ0v) is 16.9. The normalized spacial score (nSPS) is 16.3. The van der Waals surface area contributed by atoms with Crippen molar-refractivity contribution in [1.82, 2.24) is 10.3 Å². The minimum absolute atomic E-state index is 0.514. The summed E-state index contributed by atoms with van der Waals surface area (Å²) >= 11 is 0. The van der Waals surface area contributed by atoms with E-state index in [1.807, 2.05) is 49.4 Å². The predicted octanol–water partition coefficient (Wildman–Crippen LogP) is 5.89. The monoisotopic (exact) mass is 410 g/mol. The second-order valence-electron chi connectivity index (χ2n) is 8.14. The lowest BCUT2D eigenvalue weighted by Crippen LogP contribution is -2.47. The Kier molecular flexibility index (Phi) is 5.65. The highest BCUT2D eigenvalue weighted by atomic mass is 19.4. The molecule has 4 rings (SSSR count). The molecule has 0 spiro atoms. The summed E-state index contributed by atoms with van der Waals surface area (Å²) in [6.45, 7) is 2.72. The van der Waals surface area contributed by atoms with Crippen molar-refractivity contribution < 1.29 is 13.2 Å². The van der Waals surface area contributed by atoms with Crippen molar-refractivity contribution in [2.45, 2.75) is 37.9 Å². The summed E-state index contributed by atoms with van der Waals surface area (Å²) in [4.78, 5) is 4.67. The van der Waals surface area contributed by atoms with Gasteiger partial charge in [0, 0.05) is 12.6 Å². The fraction of sp³-hybridized carbons (Fsp3) is 0.320. The zero-order valence-electron chi connectivity index (χ0n) is 16.9. The Balaban J connectivity index is 1.90. The van der Waals surface area contributed by atoms with Gasteiger partial charge < -0.3 is 5.32 Å². The Morgan fingerprint density at radius 1 is 0.933 bits per heavy atom. The van der Waals surface area contributed by atoms with E-state index in [9.17, 15) is 13.2 Å². The van der Waals surface area contributed by atoms with Crippen LogP contribution in [0.15, 0.2) is 72.9 Å². The molecule has 1 N–H and O–H groups in total. The summed E-state index contributed by atoms with van der Waals surface area (Å²) in [7, 11) is 0. The van der Waals surface area contributed by atoms with E-state index in [2.05, 4.69) is 10.3 Å². The van der Waals surface area contributed by atoms with Gasteiger partial charge in [-0.05, 0) is 67.1 Å². The van der Waals surface area contributed by atoms with Gasteiger partial charge in [-0.1, -0.05) is 48.5 Å². The number of aromatic nitrogens is 1. The molecular weight excluding hydrogens is 385 g/mol. The predicted molar refractivity (Wildman–Crippen MR) is 112 cm³/mol. The second kappa shape index (κ2) is 8.23. The van der Waals surface area contributed by atoms with Crippen molar-refractivity contribution in [3.63, 3.8) is 0 Å². The molecule has 1 unspecified atom stereocenters. The lowest BCUT2D eigenvalue weighted by molar-refractivity contribution is -0.137. The quantitative estimate of drug-likeness (QED) is 0.525. The number of halogens is 3. The summed E-state index contributed by atoms with van der Waals surface area (Å²) in [5.74, 6) is 0.565. The third-order valence-corrected chi connectivity index (χ3v) is 5.80. The minimum Gasteiger partial charge on any atom is -0.302 e. The van der Waals surface area contributed by atoms with Crippen LogP contribution >= 0.6 is 0 Å². The molecule has 1 atom stereocenters. The molecule has 0 amide bonds. The standard InChI is InChI=1S/C25H25F3N2/c1-18-7-6-14-29-23(18)24(30-17-20-12-13-20,16-19-8-3-2-4-9-19)21-10-5-11-22(15-21)25(26,27)28/h2-11,14-15,20,30H,12-13,16-17H2,1H3. The highest BCUT2D eigenvalue weighted by Gasteiger charge is 2.40. The Hall–Kier alpha value is -2.66. The average molecular weight is 410 g/mol. The van der Waals surface area contributed by atoms with Crippen LogP contribution in [0.2, 0.25) is 0 Å². The third kappa shape index (κ3) is 4.41. The maximum atomic E-state index is 13.6. The largest absolute Gasteiger partial charge is 0.416 e. The molecule has 1 aromatic heterocycles. The molecule has 0 radical (unpaired) electrons. The van der Waals surface area contributed by atoms with Gasteiger partial charge in [-0.15, -0.1) is 0 Å². The van der Waals surface area contributed by atoms with Crippen LogP contribution < -0.4 is 5.32 Å². The number of rotatable bonds is 7. The summed E-state index contributed by atoms with van der Waals surface area (Å²) in [5, 5.41) is 3.67. The van der Waals surface area contributed by atoms with Crippen molar-refractivity contribution in [3.05, 3.63) is 101 Å². The molecule has 2 nitrogen and oxygen atoms in total. The molecular formula is C25H25F3N2. The van der Waals surface area contributed by atoms with E-state index in [0.29, 0.717) is 17.9 Å². The van der Waals surface area contributed by atoms with Gasteiger partial charge in [-0.3, -0.25) is 4.98 Å². The number of nitrogens with one attached hydrogen (secondary N) is 1. The van der Waals surface area contributed by atoms with Crippen molar-refractivity contribution in [1.29, 1.82) is 0 Å². The number of nitrogens with zero attached hydrogens (tertiary/aromatic N) is 1. The fourth-order valence-electron chi connectivity index (χ4n) is 4.01. The molecule has 0 aliphatic heterocycles. The van der Waals surface area contributed by atoms with Crippen LogP contribution in [0.4, 0.5) is 13.2 Å². The lowest BCUT2D eigenvalue weighted by Gasteiger charge is -2.37. The van der Waals surface area contributed by atoms with Crippen molar-refractivity contribution in [3.8, 4) is 0 Å². The van der Waals surface area contributed by atoms with E-state index < -0.39 is 17.3 Å². The smallest absolute Gasteiger partial charge is 0.302 e. The summed E-state index contributed by atoms with van der Waals surface area (Å²) in [6.07, 6.45) is 0.134. The highest BCUT2D eigenvalue weighted by molar-refractivity contribution is 5.43. The molecule has 1 fully saturated rings. The maximum absolute atomic E-state index is 13.6. The van der Waals surface area contributed by atoms with Crippen molar-refractivity contribution in [2.24, 2.45) is 5.92 Å². The van der Waals surface area contributed by atoms with Gasteiger partial charge >= 0.3 is 6.18 Å². The van der Waals surface area contributed by atoms with Crippen molar-refractivity contribution >= 4 is 0 Å². The first kappa shape index (κ1) is 20.6. The van der Waals surface area contributed by atoms with Gasteiger partial charge in [-0.2, -0.15) is 13.2 Å². The minimum atomic E-state index is -4.40. The number of hydrogen-bond donors (Lipinski definition) is 1. The second-order valence-corrected chi connectivity index (χ2v) is 8.14. The van der Waals surface area contributed by atoms with E-state index in [1.165, 1.54) is 12.1 Å². The first-order chi connectivity index (χ1) is 14.4. The van der Waals surface area contributed by atoms with E-state index >= 15 is 0 Å². The molecule has 30 heavy (non-hydrogen) atoms. The molecule has 1 aliphatic rings. The van der Waals surface area contributed by atoms with E-state index in [1.54, 1.807) is 12.3 Å². The first-order valence-corrected chi connectivity index (χ1v) is 10.3. The number of benzene rings is 2. The first-order valence-electron chi connectivity index (χ1n) is 10.3. The Morgan fingerprint density at radius 3 is 2.33 bits per heavy atom. The van der Waals surface area contributed by atoms with E-state index in [-0.39, 0.29) is 0 Å². The van der Waals surface area contributed by atoms with Gasteiger partial charge in [-0.25, -0.2) is 0 Å². The van der Waals surface area contributed by atoms with Gasteiger partial charge in [0.15, 0.2) is 0 Å². The van der Waals surface area contributed by atoms with Gasteiger partial charge in [0.2, 0.25) is 0 Å². The molecule has 0 bridgehead atoms. The third-order valence-electron chi connectivity index (χ3n) is 5.80. The van der Waals surface area contributed by atoms with Crippen LogP contribution in [0.3, 0.4) is 0 Å². The summed E-state index contributed by atoms with van der Waals surface area (Å²) in [6, 6.07) is 19.4. The Bertz CT molecular complexity index is 997. The number of pyridine rings is 1. The van der Waals surface area contributed by atoms with Crippen LogP contribution in [0.1, 0.15) is 40.8 Å². The van der Waals surface area contributed by atoms with Crippen LogP contribution in [0.5, 0.6) is 0 Å². The molecule has 3 aromatic rings. The Morgan fingerprint density at radius 2 is 1.67 bits per heavy atom. The van der Waals surface area contributed by atoms with E-state index in [4.69, 9.17) is 0 Å². The van der Waals surface area contributed by atoms with Crippen molar-refractivity contribution in [2.75, 3.05) is 6.54 Å². The van der Waals surface area contributed by atoms with Gasteiger partial charge in [0.05, 0.1) is 16.8 Å². The zero-order chi connectivity index (χ0) is 21.2. The molecule has 5 heteroatoms. The molecule has 1 heterocycles. The van der Waals surface area contributed by atoms with Gasteiger partial charge in [0.25, 0.3) is 0 Å². The number of hydrogen-bond acceptors (Lipinski definition) is 2.